The number of hydrogen-bond donors (Lipinski definition) is 0. The van der Waals surface area contributed by atoms with Gasteiger partial charge in [-0.15, -0.1) is 13.2 Å². The van der Waals surface area contributed by atoms with E-state index in [0.29, 0.717) is 25.2 Å². The standard InChI is InChI=1S/C23H27F3N4O3/c1-21(2,14-32-23(24,25)26)12-30-13-22(33-20(30)31)8-4-5-16(10-22)11-29-15-28-18-7-6-17(27-3)9-19(18)29/h6-7,9,15-16H,4-5,8,10-14H2,1-2H3/t16-,22-/m0/s1. The Kier molecular flexibility index (Phi) is 6.03. The number of amides is 1. The Morgan fingerprint density at radius 1 is 1.36 bits per heavy atom. The van der Waals surface area contributed by atoms with Crippen molar-refractivity contribution < 1.29 is 27.4 Å². The van der Waals surface area contributed by atoms with E-state index in [4.69, 9.17) is 11.3 Å². The van der Waals surface area contributed by atoms with Gasteiger partial charge in [-0.1, -0.05) is 19.9 Å². The van der Waals surface area contributed by atoms with E-state index in [0.717, 1.165) is 30.3 Å². The molecular formula is C23H27F3N4O3. The Balaban J connectivity index is 1.42. The van der Waals surface area contributed by atoms with E-state index in [1.54, 1.807) is 26.2 Å². The van der Waals surface area contributed by atoms with E-state index in [1.165, 1.54) is 4.90 Å². The fourth-order valence-corrected chi connectivity index (χ4v) is 5.03. The zero-order valence-corrected chi connectivity index (χ0v) is 18.7. The van der Waals surface area contributed by atoms with Crippen molar-refractivity contribution in [2.45, 2.75) is 58.0 Å². The number of carbonyl (C=O) groups excluding carboxylic acids is 1. The summed E-state index contributed by atoms with van der Waals surface area (Å²) in [7, 11) is 0. The van der Waals surface area contributed by atoms with Crippen molar-refractivity contribution in [2.75, 3.05) is 19.7 Å². The van der Waals surface area contributed by atoms with Gasteiger partial charge in [0.2, 0.25) is 0 Å². The van der Waals surface area contributed by atoms with E-state index in [2.05, 4.69) is 14.6 Å². The van der Waals surface area contributed by atoms with E-state index in [-0.39, 0.29) is 12.5 Å². The molecule has 1 amide bonds. The smallest absolute Gasteiger partial charge is 0.441 e. The van der Waals surface area contributed by atoms with Gasteiger partial charge in [0.05, 0.1) is 37.1 Å². The highest BCUT2D eigenvalue weighted by molar-refractivity contribution is 5.79. The van der Waals surface area contributed by atoms with Crippen LogP contribution in [0.25, 0.3) is 15.9 Å². The molecule has 2 atom stereocenters. The van der Waals surface area contributed by atoms with E-state index < -0.39 is 30.1 Å². The van der Waals surface area contributed by atoms with Crippen molar-refractivity contribution in [3.8, 4) is 0 Å². The van der Waals surface area contributed by atoms with E-state index in [1.807, 2.05) is 16.7 Å². The summed E-state index contributed by atoms with van der Waals surface area (Å²) in [5.41, 5.74) is 0.792. The second-order valence-electron chi connectivity index (χ2n) is 9.95. The van der Waals surface area contributed by atoms with Crippen LogP contribution in [-0.4, -0.2) is 52.2 Å². The molecular weight excluding hydrogens is 437 g/mol. The van der Waals surface area contributed by atoms with Crippen LogP contribution in [0.15, 0.2) is 24.5 Å². The second kappa shape index (κ2) is 8.52. The third-order valence-corrected chi connectivity index (χ3v) is 6.38. The van der Waals surface area contributed by atoms with Crippen molar-refractivity contribution in [3.63, 3.8) is 0 Å². The van der Waals surface area contributed by atoms with Crippen LogP contribution in [0.1, 0.15) is 39.5 Å². The van der Waals surface area contributed by atoms with E-state index in [9.17, 15) is 18.0 Å². The minimum absolute atomic E-state index is 0.125. The van der Waals surface area contributed by atoms with Crippen LogP contribution in [0.3, 0.4) is 0 Å². The number of aromatic nitrogens is 2. The highest BCUT2D eigenvalue weighted by Crippen LogP contribution is 2.41. The maximum atomic E-state index is 12.6. The molecule has 0 bridgehead atoms. The molecule has 10 heteroatoms. The van der Waals surface area contributed by atoms with Crippen LogP contribution in [0.4, 0.5) is 23.7 Å². The summed E-state index contributed by atoms with van der Waals surface area (Å²) >= 11 is 0. The Labute approximate surface area is 190 Å². The topological polar surface area (TPSA) is 61.0 Å². The minimum atomic E-state index is -4.70. The van der Waals surface area contributed by atoms with Crippen LogP contribution in [0.2, 0.25) is 0 Å². The number of ether oxygens (including phenoxy) is 2. The molecule has 0 unspecified atom stereocenters. The molecule has 4 rings (SSSR count). The first-order chi connectivity index (χ1) is 15.5. The molecule has 1 aromatic carbocycles. The number of alkyl halides is 3. The average molecular weight is 464 g/mol. The predicted molar refractivity (Wildman–Crippen MR) is 115 cm³/mol. The Hall–Kier alpha value is -2.80. The molecule has 1 spiro atoms. The van der Waals surface area contributed by atoms with Crippen molar-refractivity contribution in [1.82, 2.24) is 14.5 Å². The average Bonchev–Trinajstić information content (AvgIpc) is 3.26. The summed E-state index contributed by atoms with van der Waals surface area (Å²) in [5.74, 6) is 0.252. The summed E-state index contributed by atoms with van der Waals surface area (Å²) in [4.78, 5) is 22.0. The Bertz CT molecular complexity index is 1080. The summed E-state index contributed by atoms with van der Waals surface area (Å²) in [6.07, 6.45) is -0.123. The monoisotopic (exact) mass is 464 g/mol. The summed E-state index contributed by atoms with van der Waals surface area (Å²) < 4.78 is 49.2. The van der Waals surface area contributed by atoms with Crippen molar-refractivity contribution in [1.29, 1.82) is 0 Å². The lowest BCUT2D eigenvalue weighted by Gasteiger charge is -2.36. The SMILES string of the molecule is [C-]#[N+]c1ccc2ncn(C[C@H]3CCC[C@]4(C3)CN(CC(C)(C)COC(F)(F)F)C(=O)O4)c2c1. The highest BCUT2D eigenvalue weighted by atomic mass is 19.4. The minimum Gasteiger partial charge on any atom is -0.441 e. The van der Waals surface area contributed by atoms with Gasteiger partial charge in [-0.25, -0.2) is 14.6 Å². The fraction of sp³-hybridized carbons (Fsp3) is 0.609. The molecule has 2 fully saturated rings. The first-order valence-electron chi connectivity index (χ1n) is 11.0. The van der Waals surface area contributed by atoms with Gasteiger partial charge in [0, 0.05) is 18.5 Å². The van der Waals surface area contributed by atoms with Crippen LogP contribution in [0.5, 0.6) is 0 Å². The van der Waals surface area contributed by atoms with Crippen LogP contribution in [0, 0.1) is 17.9 Å². The molecule has 0 radical (unpaired) electrons. The quantitative estimate of drug-likeness (QED) is 0.528. The number of fused-ring (bicyclic) bond motifs is 1. The zero-order chi connectivity index (χ0) is 23.9. The van der Waals surface area contributed by atoms with Gasteiger partial charge in [-0.3, -0.25) is 4.74 Å². The summed E-state index contributed by atoms with van der Waals surface area (Å²) in [6, 6.07) is 5.41. The first-order valence-corrected chi connectivity index (χ1v) is 11.0. The van der Waals surface area contributed by atoms with Gasteiger partial charge >= 0.3 is 12.5 Å². The number of rotatable bonds is 6. The molecule has 2 aliphatic rings. The number of halogens is 3. The maximum absolute atomic E-state index is 12.6. The normalized spacial score (nSPS) is 23.8. The molecule has 2 aromatic rings. The lowest BCUT2D eigenvalue weighted by Crippen LogP contribution is -2.43. The third-order valence-electron chi connectivity index (χ3n) is 6.38. The predicted octanol–water partition coefficient (Wildman–Crippen LogP) is 5.53. The largest absolute Gasteiger partial charge is 0.522 e. The molecule has 1 aliphatic carbocycles. The van der Waals surface area contributed by atoms with Crippen molar-refractivity contribution in [2.24, 2.45) is 11.3 Å². The second-order valence-corrected chi connectivity index (χ2v) is 9.95. The Morgan fingerprint density at radius 3 is 2.88 bits per heavy atom. The first kappa shape index (κ1) is 23.4. The van der Waals surface area contributed by atoms with Gasteiger partial charge < -0.3 is 14.2 Å². The number of hydrogen-bond acceptors (Lipinski definition) is 4. The molecule has 33 heavy (non-hydrogen) atoms. The zero-order valence-electron chi connectivity index (χ0n) is 18.7. The third kappa shape index (κ3) is 5.41. The molecule has 1 saturated carbocycles. The number of carbonyl (C=O) groups is 1. The molecule has 0 N–H and O–H groups in total. The lowest BCUT2D eigenvalue weighted by atomic mass is 9.77. The summed E-state index contributed by atoms with van der Waals surface area (Å²) in [6.45, 7) is 11.2. The van der Waals surface area contributed by atoms with Crippen molar-refractivity contribution >= 4 is 22.8 Å². The fourth-order valence-electron chi connectivity index (χ4n) is 5.03. The molecule has 178 valence electrons. The van der Waals surface area contributed by atoms with Gasteiger partial charge in [0.1, 0.15) is 5.60 Å². The van der Waals surface area contributed by atoms with Crippen LogP contribution in [-0.2, 0) is 16.0 Å². The van der Waals surface area contributed by atoms with Crippen LogP contribution >= 0.6 is 0 Å². The molecule has 7 nitrogen and oxygen atoms in total. The van der Waals surface area contributed by atoms with Gasteiger partial charge in [0.25, 0.3) is 0 Å². The maximum Gasteiger partial charge on any atom is 0.522 e. The van der Waals surface area contributed by atoms with Gasteiger partial charge in [0.15, 0.2) is 5.69 Å². The molecule has 2 heterocycles. The van der Waals surface area contributed by atoms with Gasteiger partial charge in [-0.2, -0.15) is 0 Å². The van der Waals surface area contributed by atoms with Crippen LogP contribution < -0.4 is 0 Å². The van der Waals surface area contributed by atoms with Gasteiger partial charge in [-0.05, 0) is 43.7 Å². The highest BCUT2D eigenvalue weighted by Gasteiger charge is 2.49. The lowest BCUT2D eigenvalue weighted by molar-refractivity contribution is -0.332. The Morgan fingerprint density at radius 2 is 2.15 bits per heavy atom. The van der Waals surface area contributed by atoms with E-state index >= 15 is 0 Å². The number of nitrogens with zero attached hydrogens (tertiary/aromatic N) is 4. The number of imidazole rings is 1. The molecule has 1 saturated heterocycles. The van der Waals surface area contributed by atoms with Crippen molar-refractivity contribution in [3.05, 3.63) is 35.9 Å². The number of benzene rings is 1. The molecule has 1 aromatic heterocycles. The molecule has 1 aliphatic heterocycles. The summed E-state index contributed by atoms with van der Waals surface area (Å²) in [5, 5.41) is 0.